The summed E-state index contributed by atoms with van der Waals surface area (Å²) < 4.78 is 5.31. The zero-order valence-corrected chi connectivity index (χ0v) is 13.0. The Hall–Kier alpha value is -0.650. The van der Waals surface area contributed by atoms with Crippen molar-refractivity contribution in [3.05, 3.63) is 0 Å². The number of hydrogen-bond donors (Lipinski definition) is 2. The van der Waals surface area contributed by atoms with Crippen molar-refractivity contribution in [2.75, 3.05) is 39.5 Å². The predicted molar refractivity (Wildman–Crippen MR) is 79.5 cm³/mol. The fourth-order valence-electron chi connectivity index (χ4n) is 2.05. The second kappa shape index (κ2) is 13.3. The van der Waals surface area contributed by atoms with Gasteiger partial charge in [0.2, 0.25) is 0 Å². The van der Waals surface area contributed by atoms with Crippen LogP contribution in [-0.4, -0.2) is 60.5 Å². The van der Waals surface area contributed by atoms with Crippen LogP contribution in [0.15, 0.2) is 0 Å². The average molecular weight is 289 g/mol. The maximum atomic E-state index is 11.7. The van der Waals surface area contributed by atoms with Crippen LogP contribution in [-0.2, 0) is 9.53 Å². The van der Waals surface area contributed by atoms with Crippen LogP contribution in [0.4, 0.5) is 0 Å². The second-order valence-corrected chi connectivity index (χ2v) is 5.14. The molecule has 120 valence electrons. The second-order valence-electron chi connectivity index (χ2n) is 5.14. The van der Waals surface area contributed by atoms with Gasteiger partial charge < -0.3 is 14.9 Å². The van der Waals surface area contributed by atoms with Gasteiger partial charge in [0.05, 0.1) is 26.2 Å². The van der Waals surface area contributed by atoms with E-state index in [1.807, 2.05) is 4.90 Å². The van der Waals surface area contributed by atoms with Crippen LogP contribution in [0.25, 0.3) is 0 Å². The lowest BCUT2D eigenvalue weighted by Crippen LogP contribution is -2.32. The molecule has 0 aliphatic heterocycles. The van der Waals surface area contributed by atoms with E-state index in [0.717, 1.165) is 12.8 Å². The largest absolute Gasteiger partial charge is 0.465 e. The van der Waals surface area contributed by atoms with Crippen LogP contribution in [0.2, 0.25) is 0 Å². The Morgan fingerprint density at radius 1 is 1.15 bits per heavy atom. The number of unbranched alkanes of at least 4 members (excludes halogenated alkanes) is 1. The van der Waals surface area contributed by atoms with Crippen molar-refractivity contribution in [2.24, 2.45) is 5.92 Å². The molecule has 5 heteroatoms. The van der Waals surface area contributed by atoms with Crippen molar-refractivity contribution in [3.8, 4) is 0 Å². The molecule has 0 aliphatic carbocycles. The molecule has 2 N–H and O–H groups in total. The summed E-state index contributed by atoms with van der Waals surface area (Å²) in [5.41, 5.74) is 0. The number of nitrogens with zero attached hydrogens (tertiary/aromatic N) is 1. The SMILES string of the molecule is CCCCC(CC)COC(=O)CCN(CCO)CCO. The first-order valence-corrected chi connectivity index (χ1v) is 7.77. The van der Waals surface area contributed by atoms with Crippen molar-refractivity contribution < 1.29 is 19.7 Å². The van der Waals surface area contributed by atoms with Crippen molar-refractivity contribution in [2.45, 2.75) is 46.0 Å². The molecule has 0 fully saturated rings. The smallest absolute Gasteiger partial charge is 0.307 e. The van der Waals surface area contributed by atoms with Crippen LogP contribution in [0.5, 0.6) is 0 Å². The van der Waals surface area contributed by atoms with Crippen molar-refractivity contribution >= 4 is 5.97 Å². The molecule has 0 saturated carbocycles. The molecule has 20 heavy (non-hydrogen) atoms. The molecule has 0 aliphatic rings. The maximum absolute atomic E-state index is 11.7. The summed E-state index contributed by atoms with van der Waals surface area (Å²) in [6, 6.07) is 0. The Kier molecular flexibility index (Phi) is 12.9. The molecule has 1 atom stereocenters. The first-order valence-electron chi connectivity index (χ1n) is 7.77. The van der Waals surface area contributed by atoms with E-state index in [0.29, 0.717) is 38.6 Å². The van der Waals surface area contributed by atoms with Crippen LogP contribution in [0.1, 0.15) is 46.0 Å². The quantitative estimate of drug-likeness (QED) is 0.502. The Balaban J connectivity index is 3.84. The van der Waals surface area contributed by atoms with E-state index in [1.165, 1.54) is 12.8 Å². The van der Waals surface area contributed by atoms with Gasteiger partial charge >= 0.3 is 5.97 Å². The highest BCUT2D eigenvalue weighted by Gasteiger charge is 2.11. The highest BCUT2D eigenvalue weighted by molar-refractivity contribution is 5.69. The third kappa shape index (κ3) is 10.2. The van der Waals surface area contributed by atoms with E-state index < -0.39 is 0 Å². The summed E-state index contributed by atoms with van der Waals surface area (Å²) >= 11 is 0. The third-order valence-electron chi connectivity index (χ3n) is 3.49. The predicted octanol–water partition coefficient (Wildman–Crippen LogP) is 1.42. The van der Waals surface area contributed by atoms with Gasteiger partial charge in [-0.05, 0) is 12.3 Å². The minimum atomic E-state index is -0.194. The van der Waals surface area contributed by atoms with Gasteiger partial charge in [0.1, 0.15) is 0 Å². The Bertz CT molecular complexity index is 230. The third-order valence-corrected chi connectivity index (χ3v) is 3.49. The molecule has 0 bridgehead atoms. The van der Waals surface area contributed by atoms with Gasteiger partial charge in [0.25, 0.3) is 0 Å². The Morgan fingerprint density at radius 2 is 1.80 bits per heavy atom. The maximum Gasteiger partial charge on any atom is 0.307 e. The lowest BCUT2D eigenvalue weighted by molar-refractivity contribution is -0.145. The summed E-state index contributed by atoms with van der Waals surface area (Å²) in [5.74, 6) is 0.269. The minimum Gasteiger partial charge on any atom is -0.465 e. The summed E-state index contributed by atoms with van der Waals surface area (Å²) in [7, 11) is 0. The summed E-state index contributed by atoms with van der Waals surface area (Å²) in [5, 5.41) is 17.8. The standard InChI is InChI=1S/C15H31NO4/c1-3-5-6-14(4-2)13-20-15(19)7-8-16(9-11-17)10-12-18/h14,17-18H,3-13H2,1-2H3. The van der Waals surface area contributed by atoms with E-state index in [-0.39, 0.29) is 19.2 Å². The molecule has 0 radical (unpaired) electrons. The molecule has 0 heterocycles. The molecule has 0 amide bonds. The van der Waals surface area contributed by atoms with Crippen molar-refractivity contribution in [1.82, 2.24) is 4.90 Å². The van der Waals surface area contributed by atoms with E-state index in [9.17, 15) is 4.79 Å². The Morgan fingerprint density at radius 3 is 2.30 bits per heavy atom. The van der Waals surface area contributed by atoms with Crippen molar-refractivity contribution in [1.29, 1.82) is 0 Å². The highest BCUT2D eigenvalue weighted by atomic mass is 16.5. The van der Waals surface area contributed by atoms with Gasteiger partial charge in [-0.25, -0.2) is 0 Å². The molecule has 0 aromatic carbocycles. The van der Waals surface area contributed by atoms with E-state index in [4.69, 9.17) is 14.9 Å². The van der Waals surface area contributed by atoms with Gasteiger partial charge in [-0.2, -0.15) is 0 Å². The number of aliphatic hydroxyl groups excluding tert-OH is 2. The topological polar surface area (TPSA) is 70.0 Å². The first kappa shape index (κ1) is 19.4. The van der Waals surface area contributed by atoms with Gasteiger partial charge in [-0.3, -0.25) is 9.69 Å². The zero-order chi connectivity index (χ0) is 15.2. The molecule has 5 nitrogen and oxygen atoms in total. The molecule has 0 aromatic rings. The van der Waals surface area contributed by atoms with Gasteiger partial charge in [-0.15, -0.1) is 0 Å². The van der Waals surface area contributed by atoms with Gasteiger partial charge in [-0.1, -0.05) is 33.1 Å². The Labute approximate surface area is 122 Å². The molecule has 0 aromatic heterocycles. The number of carbonyl (C=O) groups is 1. The van der Waals surface area contributed by atoms with Crippen LogP contribution < -0.4 is 0 Å². The number of ether oxygens (including phenoxy) is 1. The number of carbonyl (C=O) groups excluding carboxylic acids is 1. The molecular formula is C15H31NO4. The van der Waals surface area contributed by atoms with Gasteiger partial charge in [0, 0.05) is 19.6 Å². The summed E-state index contributed by atoms with van der Waals surface area (Å²) in [6.07, 6.45) is 4.80. The summed E-state index contributed by atoms with van der Waals surface area (Å²) in [4.78, 5) is 13.5. The molecule has 0 rings (SSSR count). The fourth-order valence-corrected chi connectivity index (χ4v) is 2.05. The van der Waals surface area contributed by atoms with Crippen LogP contribution in [0, 0.1) is 5.92 Å². The van der Waals surface area contributed by atoms with Crippen LogP contribution >= 0.6 is 0 Å². The number of aliphatic hydroxyl groups is 2. The molecule has 0 saturated heterocycles. The van der Waals surface area contributed by atoms with Gasteiger partial charge in [0.15, 0.2) is 0 Å². The lowest BCUT2D eigenvalue weighted by atomic mass is 10.0. The van der Waals surface area contributed by atoms with Crippen molar-refractivity contribution in [3.63, 3.8) is 0 Å². The molecule has 0 spiro atoms. The number of rotatable bonds is 13. The normalized spacial score (nSPS) is 12.7. The van der Waals surface area contributed by atoms with Crippen LogP contribution in [0.3, 0.4) is 0 Å². The molecular weight excluding hydrogens is 258 g/mol. The number of esters is 1. The summed E-state index contributed by atoms with van der Waals surface area (Å²) in [6.45, 7) is 6.33. The number of hydrogen-bond acceptors (Lipinski definition) is 5. The van der Waals surface area contributed by atoms with E-state index in [1.54, 1.807) is 0 Å². The highest BCUT2D eigenvalue weighted by Crippen LogP contribution is 2.13. The fraction of sp³-hybridized carbons (Fsp3) is 0.933. The van der Waals surface area contributed by atoms with E-state index in [2.05, 4.69) is 13.8 Å². The minimum absolute atomic E-state index is 0.0317. The first-order chi connectivity index (χ1) is 9.67. The average Bonchev–Trinajstić information content (AvgIpc) is 2.45. The van der Waals surface area contributed by atoms with E-state index >= 15 is 0 Å². The lowest BCUT2D eigenvalue weighted by Gasteiger charge is -2.20. The zero-order valence-electron chi connectivity index (χ0n) is 13.0. The monoisotopic (exact) mass is 289 g/mol. The molecule has 1 unspecified atom stereocenters.